The van der Waals surface area contributed by atoms with Crippen molar-refractivity contribution >= 4 is 17.4 Å². The van der Waals surface area contributed by atoms with Crippen molar-refractivity contribution in [2.45, 2.75) is 71.9 Å². The average Bonchev–Trinajstić information content (AvgIpc) is 3.61. The van der Waals surface area contributed by atoms with E-state index in [9.17, 15) is 14.7 Å². The number of fused-ring (bicyclic) bond motifs is 1. The summed E-state index contributed by atoms with van der Waals surface area (Å²) >= 11 is 0. The van der Waals surface area contributed by atoms with Gasteiger partial charge in [-0.1, -0.05) is 79.9 Å². The highest BCUT2D eigenvalue weighted by Crippen LogP contribution is 2.36. The minimum atomic E-state index is -0.946. The van der Waals surface area contributed by atoms with Crippen molar-refractivity contribution in [2.24, 2.45) is 17.2 Å². The van der Waals surface area contributed by atoms with Crippen LogP contribution in [0.1, 0.15) is 73.2 Å². The van der Waals surface area contributed by atoms with Gasteiger partial charge < -0.3 is 22.3 Å². The predicted molar refractivity (Wildman–Crippen MR) is 207 cm³/mol. The average molecular weight is 686 g/mol. The van der Waals surface area contributed by atoms with Gasteiger partial charge in [-0.2, -0.15) is 0 Å². The number of rotatable bonds is 18. The molecule has 1 aliphatic rings. The minimum Gasteiger partial charge on any atom is -0.481 e. The van der Waals surface area contributed by atoms with E-state index < -0.39 is 11.9 Å². The van der Waals surface area contributed by atoms with E-state index in [0.717, 1.165) is 79.8 Å². The quantitative estimate of drug-likeness (QED) is 0.0827. The fourth-order valence-electron chi connectivity index (χ4n) is 6.52. The van der Waals surface area contributed by atoms with Gasteiger partial charge in [0.15, 0.2) is 0 Å². The number of carboxylic acids is 1. The first-order valence-electron chi connectivity index (χ1n) is 17.5. The van der Waals surface area contributed by atoms with Crippen molar-refractivity contribution in [3.8, 4) is 0 Å². The number of amides is 1. The number of aliphatic carboxylic acids is 1. The van der Waals surface area contributed by atoms with Gasteiger partial charge in [-0.15, -0.1) is 0 Å². The summed E-state index contributed by atoms with van der Waals surface area (Å²) in [7, 11) is 0. The standard InChI is InChI=1S/C43H51N5O3/c1-5-32(21-22-40(49)50)24-38(41(45)43(46)51)30(3)29(2)31(4)39(26-44)42-37-20-12-18-35(37)25-36(47-42)19-13-23-48(27-33-14-8-6-9-15-33)28-34-16-10-7-11-17-34/h5-11,14-17,24-26H,1,3,12-13,18-23,27-28,44-45H2,2,4H3,(H2,46,51)(H,49,50)/b31-29-,32-24+,39-26+,41-38+. The van der Waals surface area contributed by atoms with Crippen LogP contribution >= 0.6 is 0 Å². The van der Waals surface area contributed by atoms with Crippen molar-refractivity contribution in [1.82, 2.24) is 9.88 Å². The summed E-state index contributed by atoms with van der Waals surface area (Å²) in [6, 6.07) is 23.4. The highest BCUT2D eigenvalue weighted by molar-refractivity contribution is 5.94. The zero-order valence-corrected chi connectivity index (χ0v) is 30.0. The smallest absolute Gasteiger partial charge is 0.303 e. The lowest BCUT2D eigenvalue weighted by Gasteiger charge is -2.23. The second-order valence-electron chi connectivity index (χ2n) is 13.1. The lowest BCUT2D eigenvalue weighted by atomic mass is 9.88. The lowest BCUT2D eigenvalue weighted by Crippen LogP contribution is -2.24. The van der Waals surface area contributed by atoms with Gasteiger partial charge in [0, 0.05) is 42.6 Å². The van der Waals surface area contributed by atoms with Crippen LogP contribution in [0.15, 0.2) is 132 Å². The maximum Gasteiger partial charge on any atom is 0.303 e. The van der Waals surface area contributed by atoms with E-state index in [1.54, 1.807) is 18.4 Å². The highest BCUT2D eigenvalue weighted by atomic mass is 16.4. The highest BCUT2D eigenvalue weighted by Gasteiger charge is 2.23. The molecule has 1 aromatic heterocycles. The Hall–Kier alpha value is -5.47. The van der Waals surface area contributed by atoms with E-state index in [4.69, 9.17) is 22.2 Å². The molecule has 0 aliphatic heterocycles. The fourth-order valence-corrected chi connectivity index (χ4v) is 6.52. The van der Waals surface area contributed by atoms with Crippen LogP contribution < -0.4 is 17.2 Å². The Morgan fingerprint density at radius 3 is 2.12 bits per heavy atom. The monoisotopic (exact) mass is 685 g/mol. The molecule has 51 heavy (non-hydrogen) atoms. The zero-order chi connectivity index (χ0) is 36.9. The summed E-state index contributed by atoms with van der Waals surface area (Å²) in [5.74, 6) is -1.75. The largest absolute Gasteiger partial charge is 0.481 e. The first kappa shape index (κ1) is 38.3. The molecule has 0 bridgehead atoms. The molecule has 0 fully saturated rings. The molecule has 0 atom stereocenters. The van der Waals surface area contributed by atoms with Crippen molar-refractivity contribution in [2.75, 3.05) is 6.54 Å². The molecule has 3 aromatic rings. The van der Waals surface area contributed by atoms with Crippen molar-refractivity contribution < 1.29 is 14.7 Å². The molecule has 2 aromatic carbocycles. The number of primary amides is 1. The molecule has 7 N–H and O–H groups in total. The molecule has 1 aliphatic carbocycles. The third-order valence-electron chi connectivity index (χ3n) is 9.49. The molecule has 0 radical (unpaired) electrons. The molecule has 0 unspecified atom stereocenters. The summed E-state index contributed by atoms with van der Waals surface area (Å²) in [4.78, 5) is 31.2. The summed E-state index contributed by atoms with van der Waals surface area (Å²) in [6.07, 6.45) is 9.60. The maximum atomic E-state index is 12.3. The second kappa shape index (κ2) is 18.5. The second-order valence-corrected chi connectivity index (χ2v) is 13.1. The Morgan fingerprint density at radius 2 is 1.57 bits per heavy atom. The van der Waals surface area contributed by atoms with Crippen molar-refractivity contribution in [3.63, 3.8) is 0 Å². The molecule has 8 nitrogen and oxygen atoms in total. The zero-order valence-electron chi connectivity index (χ0n) is 30.0. The van der Waals surface area contributed by atoms with Gasteiger partial charge in [0.25, 0.3) is 5.91 Å². The maximum absolute atomic E-state index is 12.3. The molecular weight excluding hydrogens is 635 g/mol. The molecule has 0 saturated heterocycles. The first-order chi connectivity index (χ1) is 24.5. The Labute approximate surface area is 302 Å². The number of hydrogen-bond donors (Lipinski definition) is 4. The Morgan fingerprint density at radius 1 is 0.941 bits per heavy atom. The van der Waals surface area contributed by atoms with E-state index in [-0.39, 0.29) is 18.5 Å². The van der Waals surface area contributed by atoms with Gasteiger partial charge in [-0.3, -0.25) is 19.5 Å². The van der Waals surface area contributed by atoms with Crippen LogP contribution in [-0.4, -0.2) is 33.4 Å². The van der Waals surface area contributed by atoms with Gasteiger partial charge >= 0.3 is 5.97 Å². The number of aryl methyl sites for hydroxylation is 2. The van der Waals surface area contributed by atoms with Gasteiger partial charge in [0.05, 0.1) is 5.69 Å². The Balaban J connectivity index is 1.62. The van der Waals surface area contributed by atoms with E-state index >= 15 is 0 Å². The van der Waals surface area contributed by atoms with Crippen LogP contribution in [0.2, 0.25) is 0 Å². The van der Waals surface area contributed by atoms with Crippen LogP contribution in [-0.2, 0) is 41.9 Å². The SMILES string of the molecule is C=C/C(=C\C(C(=C)/C(C)=C(C)\C(=C/N)c1nc(CCCN(Cc2ccccc2)Cc2ccccc2)cc2c1CCC2)=C(/N)C(N)=O)CCC(=O)O. The number of benzene rings is 2. The van der Waals surface area contributed by atoms with Gasteiger partial charge in [-0.05, 0) is 116 Å². The summed E-state index contributed by atoms with van der Waals surface area (Å²) in [6.45, 7) is 14.6. The van der Waals surface area contributed by atoms with Gasteiger partial charge in [-0.25, -0.2) is 0 Å². The topological polar surface area (TPSA) is 149 Å². The molecule has 4 rings (SSSR count). The number of pyridine rings is 1. The molecule has 1 heterocycles. The Kier molecular flexibility index (Phi) is 13.9. The third-order valence-corrected chi connectivity index (χ3v) is 9.49. The number of allylic oxidation sites excluding steroid dienone is 8. The summed E-state index contributed by atoms with van der Waals surface area (Å²) < 4.78 is 0. The number of carboxylic acid groups (broad SMARTS) is 1. The number of aromatic nitrogens is 1. The fraction of sp³-hybridized carbons (Fsp3) is 0.279. The number of carbonyl (C=O) groups is 2. The molecule has 1 amide bonds. The lowest BCUT2D eigenvalue weighted by molar-refractivity contribution is -0.137. The molecule has 8 heteroatoms. The van der Waals surface area contributed by atoms with Crippen LogP contribution in [0.4, 0.5) is 0 Å². The predicted octanol–water partition coefficient (Wildman–Crippen LogP) is 7.07. The number of carbonyl (C=O) groups excluding carboxylic acids is 1. The van der Waals surface area contributed by atoms with E-state index in [1.807, 2.05) is 26.0 Å². The van der Waals surface area contributed by atoms with Crippen LogP contribution in [0.3, 0.4) is 0 Å². The van der Waals surface area contributed by atoms with Crippen molar-refractivity contribution in [3.05, 3.63) is 165 Å². The van der Waals surface area contributed by atoms with Gasteiger partial charge in [0.2, 0.25) is 0 Å². The molecular formula is C43H51N5O3. The van der Waals surface area contributed by atoms with Crippen LogP contribution in [0, 0.1) is 0 Å². The summed E-state index contributed by atoms with van der Waals surface area (Å²) in [5.41, 5.74) is 28.8. The number of hydrogen-bond acceptors (Lipinski definition) is 6. The Bertz CT molecular complexity index is 1830. The molecule has 0 saturated carbocycles. The first-order valence-corrected chi connectivity index (χ1v) is 17.5. The normalized spacial score (nSPS) is 14.1. The van der Waals surface area contributed by atoms with Crippen molar-refractivity contribution in [1.29, 1.82) is 0 Å². The minimum absolute atomic E-state index is 0.104. The number of nitrogens with two attached hydrogens (primary N) is 3. The van der Waals surface area contributed by atoms with E-state index in [2.05, 4.69) is 72.7 Å². The van der Waals surface area contributed by atoms with E-state index in [1.165, 1.54) is 22.3 Å². The molecule has 266 valence electrons. The molecule has 0 spiro atoms. The van der Waals surface area contributed by atoms with E-state index in [0.29, 0.717) is 16.7 Å². The van der Waals surface area contributed by atoms with Crippen LogP contribution in [0.5, 0.6) is 0 Å². The van der Waals surface area contributed by atoms with Gasteiger partial charge in [0.1, 0.15) is 5.70 Å². The van der Waals surface area contributed by atoms with Crippen LogP contribution in [0.25, 0.3) is 5.57 Å². The summed E-state index contributed by atoms with van der Waals surface area (Å²) in [5, 5.41) is 9.20. The number of nitrogens with zero attached hydrogens (tertiary/aromatic N) is 2. The third kappa shape index (κ3) is 10.5.